The van der Waals surface area contributed by atoms with E-state index in [1.807, 2.05) is 0 Å². The van der Waals surface area contributed by atoms with Crippen LogP contribution in [0.25, 0.3) is 0 Å². The molecule has 112 valence electrons. The number of hydrogen-bond acceptors (Lipinski definition) is 5. The van der Waals surface area contributed by atoms with Crippen LogP contribution in [-0.4, -0.2) is 42.2 Å². The summed E-state index contributed by atoms with van der Waals surface area (Å²) < 4.78 is 47.6. The van der Waals surface area contributed by atoms with Crippen molar-refractivity contribution in [1.29, 1.82) is 0 Å². The zero-order valence-electron chi connectivity index (χ0n) is 10.6. The van der Waals surface area contributed by atoms with Crippen LogP contribution in [0, 0.1) is 0 Å². The zero-order valence-corrected chi connectivity index (χ0v) is 10.6. The van der Waals surface area contributed by atoms with Gasteiger partial charge in [0.25, 0.3) is 0 Å². The number of hydrogen-bond donors (Lipinski definition) is 2. The van der Waals surface area contributed by atoms with Crippen LogP contribution in [0.2, 0.25) is 0 Å². The maximum absolute atomic E-state index is 12.4. The van der Waals surface area contributed by atoms with Crippen molar-refractivity contribution in [3.05, 3.63) is 23.9 Å². The molecule has 1 aromatic rings. The van der Waals surface area contributed by atoms with Crippen LogP contribution in [0.4, 0.5) is 19.0 Å². The summed E-state index contributed by atoms with van der Waals surface area (Å²) in [4.78, 5) is 3.68. The minimum atomic E-state index is -4.41. The number of rotatable bonds is 5. The van der Waals surface area contributed by atoms with Gasteiger partial charge in [-0.3, -0.25) is 0 Å². The second-order valence-corrected chi connectivity index (χ2v) is 4.36. The third-order valence-electron chi connectivity index (χ3n) is 2.83. The molecule has 0 spiro atoms. The predicted molar refractivity (Wildman–Crippen MR) is 64.0 cm³/mol. The van der Waals surface area contributed by atoms with E-state index in [0.717, 1.165) is 12.3 Å². The number of nitrogens with one attached hydrogen (secondary N) is 1. The molecule has 0 aliphatic carbocycles. The van der Waals surface area contributed by atoms with E-state index in [2.05, 4.69) is 10.3 Å². The number of pyridine rings is 1. The molecule has 0 saturated carbocycles. The van der Waals surface area contributed by atoms with Crippen LogP contribution in [0.1, 0.15) is 12.0 Å². The molecule has 1 aromatic heterocycles. The Kier molecular flexibility index (Phi) is 4.79. The third-order valence-corrected chi connectivity index (χ3v) is 2.83. The number of ether oxygens (including phenoxy) is 2. The van der Waals surface area contributed by atoms with Crippen molar-refractivity contribution in [3.63, 3.8) is 0 Å². The van der Waals surface area contributed by atoms with Crippen molar-refractivity contribution in [2.45, 2.75) is 24.9 Å². The highest BCUT2D eigenvalue weighted by atomic mass is 19.4. The zero-order chi connectivity index (χ0) is 14.6. The Labute approximate surface area is 113 Å². The van der Waals surface area contributed by atoms with Crippen LogP contribution in [0.3, 0.4) is 0 Å². The van der Waals surface area contributed by atoms with Gasteiger partial charge in [0.15, 0.2) is 6.29 Å². The van der Waals surface area contributed by atoms with Crippen molar-refractivity contribution >= 4 is 5.82 Å². The van der Waals surface area contributed by atoms with Crippen molar-refractivity contribution in [3.8, 4) is 0 Å². The van der Waals surface area contributed by atoms with E-state index < -0.39 is 24.1 Å². The van der Waals surface area contributed by atoms with Crippen molar-refractivity contribution in [2.24, 2.45) is 0 Å². The fraction of sp³-hybridized carbons (Fsp3) is 0.583. The Morgan fingerprint density at radius 1 is 1.35 bits per heavy atom. The van der Waals surface area contributed by atoms with Gasteiger partial charge in [-0.1, -0.05) is 0 Å². The smallest absolute Gasteiger partial charge is 0.394 e. The summed E-state index contributed by atoms with van der Waals surface area (Å²) in [6.45, 7) is 0.800. The average molecular weight is 292 g/mol. The molecule has 0 aromatic carbocycles. The summed E-state index contributed by atoms with van der Waals surface area (Å²) in [6, 6.07) is 1.76. The van der Waals surface area contributed by atoms with Gasteiger partial charge in [0, 0.05) is 12.6 Å². The first kappa shape index (κ1) is 15.0. The molecule has 0 radical (unpaired) electrons. The molecule has 0 unspecified atom stereocenters. The lowest BCUT2D eigenvalue weighted by Crippen LogP contribution is -2.29. The number of halogens is 3. The van der Waals surface area contributed by atoms with Gasteiger partial charge >= 0.3 is 6.18 Å². The summed E-state index contributed by atoms with van der Waals surface area (Å²) in [5.74, 6) is 0.259. The number of aliphatic hydroxyl groups excluding tert-OH is 1. The molecule has 1 atom stereocenters. The number of aliphatic hydroxyl groups is 1. The van der Waals surface area contributed by atoms with E-state index in [-0.39, 0.29) is 12.4 Å². The van der Waals surface area contributed by atoms with Gasteiger partial charge in [-0.2, -0.15) is 13.2 Å². The maximum atomic E-state index is 12.4. The van der Waals surface area contributed by atoms with Gasteiger partial charge in [-0.05, 0) is 12.1 Å². The predicted octanol–water partition coefficient (Wildman–Crippen LogP) is 1.64. The molecule has 0 amide bonds. The van der Waals surface area contributed by atoms with Gasteiger partial charge in [0.05, 0.1) is 31.4 Å². The summed E-state index contributed by atoms with van der Waals surface area (Å²) in [6.07, 6.45) is -3.68. The van der Waals surface area contributed by atoms with Gasteiger partial charge in [-0.15, -0.1) is 0 Å². The first-order valence-corrected chi connectivity index (χ1v) is 6.13. The highest BCUT2D eigenvalue weighted by Gasteiger charge is 2.30. The number of alkyl halides is 3. The Balaban J connectivity index is 1.93. The molecule has 1 aliphatic heterocycles. The van der Waals surface area contributed by atoms with E-state index >= 15 is 0 Å². The molecule has 8 heteroatoms. The summed E-state index contributed by atoms with van der Waals surface area (Å²) >= 11 is 0. The SMILES string of the molecule is OC[C@H](CC1OCCO1)Nc1ccc(C(F)(F)F)cn1. The first-order chi connectivity index (χ1) is 9.49. The molecule has 0 bridgehead atoms. The average Bonchev–Trinajstić information content (AvgIpc) is 2.90. The first-order valence-electron chi connectivity index (χ1n) is 6.13. The second kappa shape index (κ2) is 6.38. The van der Waals surface area contributed by atoms with Crippen LogP contribution < -0.4 is 5.32 Å². The van der Waals surface area contributed by atoms with Crippen molar-refractivity contribution in [2.75, 3.05) is 25.1 Å². The molecular weight excluding hydrogens is 277 g/mol. The van der Waals surface area contributed by atoms with E-state index in [0.29, 0.717) is 19.6 Å². The highest BCUT2D eigenvalue weighted by Crippen LogP contribution is 2.29. The normalized spacial score (nSPS) is 18.2. The Morgan fingerprint density at radius 2 is 2.05 bits per heavy atom. The number of nitrogens with zero attached hydrogens (tertiary/aromatic N) is 1. The molecule has 5 nitrogen and oxygen atoms in total. The highest BCUT2D eigenvalue weighted by molar-refractivity contribution is 5.37. The fourth-order valence-corrected chi connectivity index (χ4v) is 1.81. The molecular formula is C12H15F3N2O3. The topological polar surface area (TPSA) is 63.6 Å². The Bertz CT molecular complexity index is 419. The third kappa shape index (κ3) is 4.06. The lowest BCUT2D eigenvalue weighted by Gasteiger charge is -2.19. The summed E-state index contributed by atoms with van der Waals surface area (Å²) in [7, 11) is 0. The Hall–Kier alpha value is -1.38. The Morgan fingerprint density at radius 3 is 2.55 bits per heavy atom. The van der Waals surface area contributed by atoms with Gasteiger partial charge in [0.2, 0.25) is 0 Å². The molecule has 1 fully saturated rings. The lowest BCUT2D eigenvalue weighted by molar-refractivity contribution is -0.137. The van der Waals surface area contributed by atoms with Crippen LogP contribution >= 0.6 is 0 Å². The van der Waals surface area contributed by atoms with Gasteiger partial charge in [0.1, 0.15) is 5.82 Å². The van der Waals surface area contributed by atoms with Gasteiger partial charge < -0.3 is 19.9 Å². The molecule has 1 saturated heterocycles. The molecule has 2 N–H and O–H groups in total. The van der Waals surface area contributed by atoms with Crippen LogP contribution in [0.5, 0.6) is 0 Å². The second-order valence-electron chi connectivity index (χ2n) is 4.36. The monoisotopic (exact) mass is 292 g/mol. The molecule has 1 aliphatic rings. The molecule has 20 heavy (non-hydrogen) atoms. The quantitative estimate of drug-likeness (QED) is 0.863. The van der Waals surface area contributed by atoms with Crippen molar-refractivity contribution < 1.29 is 27.8 Å². The fourth-order valence-electron chi connectivity index (χ4n) is 1.81. The number of aromatic nitrogens is 1. The van der Waals surface area contributed by atoms with E-state index in [9.17, 15) is 18.3 Å². The maximum Gasteiger partial charge on any atom is 0.417 e. The minimum Gasteiger partial charge on any atom is -0.394 e. The van der Waals surface area contributed by atoms with E-state index in [1.54, 1.807) is 0 Å². The van der Waals surface area contributed by atoms with Gasteiger partial charge in [-0.25, -0.2) is 4.98 Å². The van der Waals surface area contributed by atoms with Crippen LogP contribution in [-0.2, 0) is 15.7 Å². The molecule has 2 heterocycles. The minimum absolute atomic E-state index is 0.202. The lowest BCUT2D eigenvalue weighted by atomic mass is 10.2. The number of anilines is 1. The summed E-state index contributed by atoms with van der Waals surface area (Å²) in [5.41, 5.74) is -0.814. The largest absolute Gasteiger partial charge is 0.417 e. The molecule has 2 rings (SSSR count). The van der Waals surface area contributed by atoms with Crippen molar-refractivity contribution in [1.82, 2.24) is 4.98 Å². The standard InChI is InChI=1S/C12H15F3N2O3/c13-12(14,15)8-1-2-10(16-6-8)17-9(7-18)5-11-19-3-4-20-11/h1-2,6,9,11,18H,3-5,7H2,(H,16,17)/t9-/m0/s1. The van der Waals surface area contributed by atoms with E-state index in [4.69, 9.17) is 9.47 Å². The summed E-state index contributed by atoms with van der Waals surface area (Å²) in [5, 5.41) is 12.1. The van der Waals surface area contributed by atoms with E-state index in [1.165, 1.54) is 6.07 Å². The van der Waals surface area contributed by atoms with Crippen LogP contribution in [0.15, 0.2) is 18.3 Å².